The first kappa shape index (κ1) is 17.0. The topological polar surface area (TPSA) is 29.3 Å². The minimum Gasteiger partial charge on any atom is -0.327 e. The van der Waals surface area contributed by atoms with Crippen molar-refractivity contribution in [1.29, 1.82) is 0 Å². The molecule has 2 unspecified atom stereocenters. The highest BCUT2D eigenvalue weighted by atomic mass is 15.2. The first-order valence-electron chi connectivity index (χ1n) is 9.69. The van der Waals surface area contributed by atoms with Gasteiger partial charge in [0.1, 0.15) is 0 Å². The molecule has 2 nitrogen and oxygen atoms in total. The Morgan fingerprint density at radius 3 is 2.52 bits per heavy atom. The van der Waals surface area contributed by atoms with Gasteiger partial charge in [0.15, 0.2) is 0 Å². The maximum absolute atomic E-state index is 6.58. The fourth-order valence-corrected chi connectivity index (χ4v) is 4.56. The van der Waals surface area contributed by atoms with Crippen LogP contribution >= 0.6 is 0 Å². The molecule has 0 aromatic heterocycles. The lowest BCUT2D eigenvalue weighted by molar-refractivity contribution is 0.119. The van der Waals surface area contributed by atoms with Gasteiger partial charge in [-0.1, -0.05) is 37.5 Å². The Morgan fingerprint density at radius 2 is 1.78 bits per heavy atom. The normalized spacial score (nSPS) is 24.9. The van der Waals surface area contributed by atoms with E-state index in [4.69, 9.17) is 5.73 Å². The molecule has 2 heteroatoms. The van der Waals surface area contributed by atoms with Crippen molar-refractivity contribution < 1.29 is 0 Å². The third kappa shape index (κ3) is 4.36. The Morgan fingerprint density at radius 1 is 1.04 bits per heavy atom. The summed E-state index contributed by atoms with van der Waals surface area (Å²) < 4.78 is 0. The second-order valence-corrected chi connectivity index (χ2v) is 7.98. The molecule has 2 aliphatic rings. The van der Waals surface area contributed by atoms with Crippen LogP contribution in [-0.2, 0) is 6.54 Å². The summed E-state index contributed by atoms with van der Waals surface area (Å²) in [5.74, 6) is 0.792. The van der Waals surface area contributed by atoms with Gasteiger partial charge in [-0.25, -0.2) is 0 Å². The highest BCUT2D eigenvalue weighted by Gasteiger charge is 2.29. The van der Waals surface area contributed by atoms with E-state index >= 15 is 0 Å². The minimum absolute atomic E-state index is 0.419. The number of hydrogen-bond acceptors (Lipinski definition) is 2. The monoisotopic (exact) mass is 314 g/mol. The van der Waals surface area contributed by atoms with Crippen LogP contribution in [0.1, 0.15) is 68.1 Å². The SMILES string of the molecule is Cc1ccc(CN2CCCCC2CC(N)C2CCCC2)cc1C. The summed E-state index contributed by atoms with van der Waals surface area (Å²) in [6, 6.07) is 8.07. The molecular weight excluding hydrogens is 280 g/mol. The summed E-state index contributed by atoms with van der Waals surface area (Å²) in [5, 5.41) is 0. The van der Waals surface area contributed by atoms with E-state index in [-0.39, 0.29) is 0 Å². The van der Waals surface area contributed by atoms with Crippen molar-refractivity contribution in [2.24, 2.45) is 11.7 Å². The predicted molar refractivity (Wildman–Crippen MR) is 98.5 cm³/mol. The molecule has 3 rings (SSSR count). The Bertz CT molecular complexity index is 505. The Kier molecular flexibility index (Phi) is 5.76. The fraction of sp³-hybridized carbons (Fsp3) is 0.714. The van der Waals surface area contributed by atoms with E-state index in [1.165, 1.54) is 74.6 Å². The summed E-state index contributed by atoms with van der Waals surface area (Å²) in [6.45, 7) is 6.77. The highest BCUT2D eigenvalue weighted by molar-refractivity contribution is 5.29. The van der Waals surface area contributed by atoms with Crippen LogP contribution in [0.25, 0.3) is 0 Å². The zero-order chi connectivity index (χ0) is 16.2. The van der Waals surface area contributed by atoms with Crippen molar-refractivity contribution in [3.63, 3.8) is 0 Å². The zero-order valence-electron chi connectivity index (χ0n) is 15.1. The third-order valence-corrected chi connectivity index (χ3v) is 6.26. The van der Waals surface area contributed by atoms with E-state index in [2.05, 4.69) is 36.9 Å². The third-order valence-electron chi connectivity index (χ3n) is 6.26. The average molecular weight is 315 g/mol. The van der Waals surface area contributed by atoms with Gasteiger partial charge < -0.3 is 5.73 Å². The Labute approximate surface area is 142 Å². The van der Waals surface area contributed by atoms with E-state index in [1.807, 2.05) is 0 Å². The number of nitrogens with two attached hydrogens (primary N) is 1. The first-order chi connectivity index (χ1) is 11.1. The largest absolute Gasteiger partial charge is 0.327 e. The van der Waals surface area contributed by atoms with Crippen LogP contribution in [-0.4, -0.2) is 23.5 Å². The lowest BCUT2D eigenvalue weighted by atomic mass is 9.88. The molecule has 1 aliphatic heterocycles. The van der Waals surface area contributed by atoms with Gasteiger partial charge in [-0.3, -0.25) is 4.90 Å². The smallest absolute Gasteiger partial charge is 0.0236 e. The van der Waals surface area contributed by atoms with Gasteiger partial charge in [0, 0.05) is 18.6 Å². The zero-order valence-corrected chi connectivity index (χ0v) is 15.1. The number of rotatable bonds is 5. The molecule has 2 fully saturated rings. The molecule has 1 heterocycles. The highest BCUT2D eigenvalue weighted by Crippen LogP contribution is 2.31. The molecule has 1 saturated heterocycles. The van der Waals surface area contributed by atoms with Crippen LogP contribution < -0.4 is 5.73 Å². The van der Waals surface area contributed by atoms with Gasteiger partial charge in [-0.15, -0.1) is 0 Å². The lowest BCUT2D eigenvalue weighted by Crippen LogP contribution is -2.44. The van der Waals surface area contributed by atoms with Gasteiger partial charge in [0.25, 0.3) is 0 Å². The standard InChI is InChI=1S/C21H34N2/c1-16-10-11-18(13-17(16)2)15-23-12-6-5-9-20(23)14-21(22)19-7-3-4-8-19/h10-11,13,19-21H,3-9,12,14-15,22H2,1-2H3. The van der Waals surface area contributed by atoms with Crippen molar-refractivity contribution in [3.05, 3.63) is 34.9 Å². The molecule has 1 saturated carbocycles. The van der Waals surface area contributed by atoms with E-state index < -0.39 is 0 Å². The second kappa shape index (κ2) is 7.81. The van der Waals surface area contributed by atoms with E-state index in [1.54, 1.807) is 0 Å². The summed E-state index contributed by atoms with van der Waals surface area (Å²) in [5.41, 5.74) is 10.9. The second-order valence-electron chi connectivity index (χ2n) is 7.98. The molecule has 2 N–H and O–H groups in total. The molecule has 2 atom stereocenters. The van der Waals surface area contributed by atoms with Gasteiger partial charge >= 0.3 is 0 Å². The van der Waals surface area contributed by atoms with E-state index in [9.17, 15) is 0 Å². The van der Waals surface area contributed by atoms with Gasteiger partial charge in [0.05, 0.1) is 0 Å². The molecule has 128 valence electrons. The number of hydrogen-bond donors (Lipinski definition) is 1. The number of aryl methyl sites for hydroxylation is 2. The van der Waals surface area contributed by atoms with Crippen LogP contribution in [0.4, 0.5) is 0 Å². The number of piperidine rings is 1. The van der Waals surface area contributed by atoms with E-state index in [0.717, 1.165) is 12.5 Å². The van der Waals surface area contributed by atoms with Crippen molar-refractivity contribution in [1.82, 2.24) is 4.90 Å². The van der Waals surface area contributed by atoms with Gasteiger partial charge in [0.2, 0.25) is 0 Å². The van der Waals surface area contributed by atoms with Crippen LogP contribution in [0.3, 0.4) is 0 Å². The maximum Gasteiger partial charge on any atom is 0.0236 e. The number of benzene rings is 1. The van der Waals surface area contributed by atoms with Crippen molar-refractivity contribution in [3.8, 4) is 0 Å². The van der Waals surface area contributed by atoms with Crippen LogP contribution in [0.15, 0.2) is 18.2 Å². The number of nitrogens with zero attached hydrogens (tertiary/aromatic N) is 1. The summed E-state index contributed by atoms with van der Waals surface area (Å²) in [6.07, 6.45) is 10.8. The summed E-state index contributed by atoms with van der Waals surface area (Å²) >= 11 is 0. The fourth-order valence-electron chi connectivity index (χ4n) is 4.56. The maximum atomic E-state index is 6.58. The minimum atomic E-state index is 0.419. The molecular formula is C21H34N2. The number of likely N-dealkylation sites (tertiary alicyclic amines) is 1. The predicted octanol–water partition coefficient (Wildman–Crippen LogP) is 4.57. The molecule has 0 amide bonds. The molecule has 1 aromatic carbocycles. The van der Waals surface area contributed by atoms with Crippen LogP contribution in [0.5, 0.6) is 0 Å². The summed E-state index contributed by atoms with van der Waals surface area (Å²) in [7, 11) is 0. The molecule has 1 aromatic rings. The van der Waals surface area contributed by atoms with Crippen LogP contribution in [0.2, 0.25) is 0 Å². The lowest BCUT2D eigenvalue weighted by Gasteiger charge is -2.38. The molecule has 0 radical (unpaired) electrons. The van der Waals surface area contributed by atoms with Crippen molar-refractivity contribution in [2.75, 3.05) is 6.54 Å². The first-order valence-corrected chi connectivity index (χ1v) is 9.69. The van der Waals surface area contributed by atoms with Crippen molar-refractivity contribution in [2.45, 2.75) is 83.8 Å². The molecule has 0 bridgehead atoms. The van der Waals surface area contributed by atoms with Gasteiger partial charge in [-0.2, -0.15) is 0 Å². The van der Waals surface area contributed by atoms with Crippen molar-refractivity contribution >= 4 is 0 Å². The molecule has 23 heavy (non-hydrogen) atoms. The molecule has 0 spiro atoms. The Balaban J connectivity index is 1.62. The van der Waals surface area contributed by atoms with E-state index in [0.29, 0.717) is 12.1 Å². The van der Waals surface area contributed by atoms with Crippen LogP contribution in [0, 0.1) is 19.8 Å². The Hall–Kier alpha value is -0.860. The summed E-state index contributed by atoms with van der Waals surface area (Å²) in [4.78, 5) is 2.71. The molecule has 1 aliphatic carbocycles. The quantitative estimate of drug-likeness (QED) is 0.863. The average Bonchev–Trinajstić information content (AvgIpc) is 3.07. The van der Waals surface area contributed by atoms with Gasteiger partial charge in [-0.05, 0) is 75.1 Å².